The van der Waals surface area contributed by atoms with Gasteiger partial charge in [-0.15, -0.1) is 11.6 Å². The Morgan fingerprint density at radius 3 is 2.85 bits per heavy atom. The van der Waals surface area contributed by atoms with Gasteiger partial charge in [-0.2, -0.15) is 0 Å². The first-order valence-corrected chi connectivity index (χ1v) is 7.66. The summed E-state index contributed by atoms with van der Waals surface area (Å²) in [7, 11) is 0. The van der Waals surface area contributed by atoms with Gasteiger partial charge < -0.3 is 4.74 Å². The molecule has 2 aromatic carbocycles. The van der Waals surface area contributed by atoms with E-state index in [0.29, 0.717) is 4.47 Å². The van der Waals surface area contributed by atoms with Crippen molar-refractivity contribution >= 4 is 27.5 Å². The number of ether oxygens (including phenoxy) is 1. The van der Waals surface area contributed by atoms with Crippen LogP contribution in [-0.2, 0) is 6.42 Å². The molecule has 1 nitrogen and oxygen atoms in total. The zero-order valence-corrected chi connectivity index (χ0v) is 13.2. The van der Waals surface area contributed by atoms with Crippen LogP contribution in [0.3, 0.4) is 0 Å². The fraction of sp³-hybridized carbons (Fsp3) is 0.250. The number of rotatable bonds is 2. The van der Waals surface area contributed by atoms with Gasteiger partial charge in [0.05, 0.1) is 5.38 Å². The minimum atomic E-state index is -0.314. The molecule has 0 bridgehead atoms. The molecule has 1 aliphatic heterocycles. The number of hydrogen-bond donors (Lipinski definition) is 0. The predicted octanol–water partition coefficient (Wildman–Crippen LogP) is 5.24. The molecule has 20 heavy (non-hydrogen) atoms. The van der Waals surface area contributed by atoms with Crippen molar-refractivity contribution in [2.75, 3.05) is 0 Å². The minimum Gasteiger partial charge on any atom is -0.490 e. The van der Waals surface area contributed by atoms with Crippen molar-refractivity contribution in [1.29, 1.82) is 0 Å². The highest BCUT2D eigenvalue weighted by Gasteiger charge is 2.21. The lowest BCUT2D eigenvalue weighted by atomic mass is 10.0. The second-order valence-electron chi connectivity index (χ2n) is 5.03. The summed E-state index contributed by atoms with van der Waals surface area (Å²) in [6.07, 6.45) is 1.11. The Morgan fingerprint density at radius 1 is 1.30 bits per heavy atom. The van der Waals surface area contributed by atoms with E-state index in [2.05, 4.69) is 28.9 Å². The van der Waals surface area contributed by atoms with Crippen LogP contribution in [0.5, 0.6) is 5.75 Å². The van der Waals surface area contributed by atoms with Gasteiger partial charge in [0.2, 0.25) is 0 Å². The quantitative estimate of drug-likeness (QED) is 0.669. The van der Waals surface area contributed by atoms with Crippen LogP contribution >= 0.6 is 27.5 Å². The second kappa shape index (κ2) is 5.38. The summed E-state index contributed by atoms with van der Waals surface area (Å²) in [6, 6.07) is 10.6. The zero-order chi connectivity index (χ0) is 14.3. The lowest BCUT2D eigenvalue weighted by Crippen LogP contribution is -2.05. The summed E-state index contributed by atoms with van der Waals surface area (Å²) in [5.41, 5.74) is 3.04. The van der Waals surface area contributed by atoms with E-state index in [1.807, 2.05) is 12.1 Å². The smallest absolute Gasteiger partial charge is 0.124 e. The molecule has 0 fully saturated rings. The van der Waals surface area contributed by atoms with Gasteiger partial charge >= 0.3 is 0 Å². The van der Waals surface area contributed by atoms with Gasteiger partial charge in [0.25, 0.3) is 0 Å². The van der Waals surface area contributed by atoms with E-state index in [4.69, 9.17) is 16.3 Å². The van der Waals surface area contributed by atoms with Gasteiger partial charge in [0, 0.05) is 10.9 Å². The normalized spacial score (nSPS) is 18.5. The summed E-state index contributed by atoms with van der Waals surface area (Å²) in [6.45, 7) is 2.05. The molecular weight excluding hydrogens is 343 g/mol. The summed E-state index contributed by atoms with van der Waals surface area (Å²) in [5.74, 6) is 0.656. The molecule has 0 spiro atoms. The topological polar surface area (TPSA) is 9.23 Å². The maximum atomic E-state index is 13.1. The van der Waals surface area contributed by atoms with Gasteiger partial charge in [0.1, 0.15) is 17.7 Å². The molecule has 0 aromatic heterocycles. The summed E-state index contributed by atoms with van der Waals surface area (Å²) in [5, 5.41) is -0.314. The summed E-state index contributed by atoms with van der Waals surface area (Å²) < 4.78 is 19.5. The number of alkyl halides is 1. The molecule has 0 saturated carbocycles. The highest BCUT2D eigenvalue weighted by atomic mass is 79.9. The fourth-order valence-corrected chi connectivity index (χ4v) is 3.52. The Bertz CT molecular complexity index is 659. The van der Waals surface area contributed by atoms with Crippen molar-refractivity contribution < 1.29 is 9.13 Å². The van der Waals surface area contributed by atoms with E-state index in [9.17, 15) is 4.39 Å². The molecule has 2 unspecified atom stereocenters. The summed E-state index contributed by atoms with van der Waals surface area (Å²) >= 11 is 9.90. The van der Waals surface area contributed by atoms with Crippen LogP contribution in [0.1, 0.15) is 29.0 Å². The molecule has 0 radical (unpaired) electrons. The second-order valence-corrected chi connectivity index (χ2v) is 6.32. The van der Waals surface area contributed by atoms with Gasteiger partial charge in [-0.3, -0.25) is 0 Å². The van der Waals surface area contributed by atoms with Crippen LogP contribution in [0.25, 0.3) is 0 Å². The third-order valence-corrected chi connectivity index (χ3v) is 4.62. The molecule has 2 aromatic rings. The first kappa shape index (κ1) is 13.9. The highest BCUT2D eigenvalue weighted by molar-refractivity contribution is 9.10. The number of benzene rings is 2. The molecule has 4 heteroatoms. The van der Waals surface area contributed by atoms with Crippen LogP contribution in [0.2, 0.25) is 0 Å². The average Bonchev–Trinajstić information content (AvgIpc) is 2.77. The van der Waals surface area contributed by atoms with Crippen molar-refractivity contribution in [3.8, 4) is 5.75 Å². The third kappa shape index (κ3) is 2.57. The minimum absolute atomic E-state index is 0.214. The molecule has 104 valence electrons. The van der Waals surface area contributed by atoms with Crippen LogP contribution in [0.15, 0.2) is 40.9 Å². The Labute approximate surface area is 130 Å². The molecule has 0 N–H and O–H groups in total. The van der Waals surface area contributed by atoms with Crippen LogP contribution in [0, 0.1) is 5.82 Å². The SMILES string of the molecule is CC1Cc2cc(C(Cl)c3ccc(F)cc3Br)ccc2O1. The average molecular weight is 356 g/mol. The van der Waals surface area contributed by atoms with E-state index >= 15 is 0 Å². The van der Waals surface area contributed by atoms with Crippen LogP contribution in [-0.4, -0.2) is 6.10 Å². The van der Waals surface area contributed by atoms with E-state index in [0.717, 1.165) is 23.3 Å². The third-order valence-electron chi connectivity index (χ3n) is 3.45. The molecule has 3 rings (SSSR count). The molecule has 0 aliphatic carbocycles. The first-order valence-electron chi connectivity index (χ1n) is 6.43. The van der Waals surface area contributed by atoms with E-state index in [-0.39, 0.29) is 17.3 Å². The lowest BCUT2D eigenvalue weighted by Gasteiger charge is -2.13. The highest BCUT2D eigenvalue weighted by Crippen LogP contribution is 2.37. The van der Waals surface area contributed by atoms with Crippen molar-refractivity contribution in [3.05, 3.63) is 63.4 Å². The molecule has 1 aliphatic rings. The van der Waals surface area contributed by atoms with Crippen LogP contribution < -0.4 is 4.74 Å². The monoisotopic (exact) mass is 354 g/mol. The van der Waals surface area contributed by atoms with E-state index in [1.165, 1.54) is 17.7 Å². The Hall–Kier alpha value is -1.06. The van der Waals surface area contributed by atoms with Crippen LogP contribution in [0.4, 0.5) is 4.39 Å². The molecule has 2 atom stereocenters. The number of hydrogen-bond acceptors (Lipinski definition) is 1. The standard InChI is InChI=1S/C16H13BrClFO/c1-9-6-11-7-10(2-5-15(11)20-9)16(18)13-4-3-12(19)8-14(13)17/h2-5,7-9,16H,6H2,1H3. The van der Waals surface area contributed by atoms with Crippen molar-refractivity contribution in [3.63, 3.8) is 0 Å². The first-order chi connectivity index (χ1) is 9.54. The van der Waals surface area contributed by atoms with Gasteiger partial charge in [-0.25, -0.2) is 4.39 Å². The molecule has 1 heterocycles. The largest absolute Gasteiger partial charge is 0.490 e. The van der Waals surface area contributed by atoms with E-state index in [1.54, 1.807) is 6.07 Å². The zero-order valence-electron chi connectivity index (χ0n) is 10.9. The van der Waals surface area contributed by atoms with Gasteiger partial charge in [0.15, 0.2) is 0 Å². The maximum absolute atomic E-state index is 13.1. The Morgan fingerprint density at radius 2 is 2.10 bits per heavy atom. The Kier molecular flexibility index (Phi) is 3.74. The maximum Gasteiger partial charge on any atom is 0.124 e. The van der Waals surface area contributed by atoms with Crippen molar-refractivity contribution in [1.82, 2.24) is 0 Å². The molecule has 0 amide bonds. The number of halogens is 3. The molecule has 0 saturated heterocycles. The van der Waals surface area contributed by atoms with Gasteiger partial charge in [-0.05, 0) is 41.8 Å². The predicted molar refractivity (Wildman–Crippen MR) is 82.0 cm³/mol. The van der Waals surface area contributed by atoms with Gasteiger partial charge in [-0.1, -0.05) is 34.1 Å². The summed E-state index contributed by atoms with van der Waals surface area (Å²) in [4.78, 5) is 0. The van der Waals surface area contributed by atoms with E-state index < -0.39 is 0 Å². The van der Waals surface area contributed by atoms with Crippen molar-refractivity contribution in [2.24, 2.45) is 0 Å². The Balaban J connectivity index is 1.95. The van der Waals surface area contributed by atoms with Crippen molar-refractivity contribution in [2.45, 2.75) is 24.8 Å². The fourth-order valence-electron chi connectivity index (χ4n) is 2.49. The lowest BCUT2D eigenvalue weighted by molar-refractivity contribution is 0.254. The molecular formula is C16H13BrClFO. The number of fused-ring (bicyclic) bond motifs is 1.